The highest BCUT2D eigenvalue weighted by atomic mass is 35.5. The molecule has 22 heavy (non-hydrogen) atoms. The molecular weight excluding hydrogens is 300 g/mol. The summed E-state index contributed by atoms with van der Waals surface area (Å²) in [5.41, 5.74) is 1.36. The second-order valence-corrected chi connectivity index (χ2v) is 5.87. The smallest absolute Gasteiger partial charge is 0.342 e. The number of fused-ring (bicyclic) bond motifs is 1. The van der Waals surface area contributed by atoms with E-state index in [0.717, 1.165) is 36.8 Å². The third-order valence-electron chi connectivity index (χ3n) is 3.69. The van der Waals surface area contributed by atoms with Gasteiger partial charge in [-0.05, 0) is 25.0 Å². The van der Waals surface area contributed by atoms with Gasteiger partial charge in [0, 0.05) is 23.5 Å². The summed E-state index contributed by atoms with van der Waals surface area (Å²) in [7, 11) is 0. The quantitative estimate of drug-likeness (QED) is 0.806. The molecule has 0 radical (unpaired) electrons. The van der Waals surface area contributed by atoms with Gasteiger partial charge < -0.3 is 9.64 Å². The van der Waals surface area contributed by atoms with Crippen molar-refractivity contribution in [3.63, 3.8) is 0 Å². The van der Waals surface area contributed by atoms with Crippen LogP contribution in [-0.4, -0.2) is 30.6 Å². The number of rotatable bonds is 4. The maximum Gasteiger partial charge on any atom is 0.342 e. The zero-order valence-corrected chi connectivity index (χ0v) is 13.0. The standard InChI is InChI=1S/C17H17ClN2O2/c1-12(18)11-22-17(21)14-10-13-6-2-3-7-15(13)19-16(14)20-8-4-5-9-20/h2-3,6-7,10H,1,4-5,8-9,11H2. The molecule has 3 rings (SSSR count). The Labute approximate surface area is 134 Å². The van der Waals surface area contributed by atoms with Crippen molar-refractivity contribution in [2.45, 2.75) is 12.8 Å². The largest absolute Gasteiger partial charge is 0.456 e. The van der Waals surface area contributed by atoms with Crippen LogP contribution >= 0.6 is 11.6 Å². The molecule has 0 amide bonds. The highest BCUT2D eigenvalue weighted by molar-refractivity contribution is 6.29. The zero-order chi connectivity index (χ0) is 15.5. The summed E-state index contributed by atoms with van der Waals surface area (Å²) >= 11 is 5.67. The van der Waals surface area contributed by atoms with E-state index in [1.807, 2.05) is 30.3 Å². The van der Waals surface area contributed by atoms with Crippen molar-refractivity contribution in [3.8, 4) is 0 Å². The van der Waals surface area contributed by atoms with Crippen molar-refractivity contribution < 1.29 is 9.53 Å². The number of esters is 1. The number of ether oxygens (including phenoxy) is 1. The molecule has 1 aliphatic heterocycles. The summed E-state index contributed by atoms with van der Waals surface area (Å²) in [6.45, 7) is 5.36. The van der Waals surface area contributed by atoms with E-state index < -0.39 is 5.97 Å². The van der Waals surface area contributed by atoms with Gasteiger partial charge in [0.1, 0.15) is 18.0 Å². The summed E-state index contributed by atoms with van der Waals surface area (Å²) in [4.78, 5) is 19.2. The fraction of sp³-hybridized carbons (Fsp3) is 0.294. The molecule has 1 aromatic carbocycles. The number of halogens is 1. The van der Waals surface area contributed by atoms with E-state index in [2.05, 4.69) is 16.5 Å². The van der Waals surface area contributed by atoms with E-state index in [-0.39, 0.29) is 6.61 Å². The maximum atomic E-state index is 12.4. The number of benzene rings is 1. The lowest BCUT2D eigenvalue weighted by Gasteiger charge is -2.20. The van der Waals surface area contributed by atoms with Crippen LogP contribution in [0.5, 0.6) is 0 Å². The van der Waals surface area contributed by atoms with Crippen LogP contribution in [0, 0.1) is 0 Å². The fourth-order valence-electron chi connectivity index (χ4n) is 2.65. The first-order valence-corrected chi connectivity index (χ1v) is 7.68. The van der Waals surface area contributed by atoms with Gasteiger partial charge in [-0.25, -0.2) is 9.78 Å². The lowest BCUT2D eigenvalue weighted by molar-refractivity contribution is 0.0546. The molecule has 0 N–H and O–H groups in total. The number of hydrogen-bond acceptors (Lipinski definition) is 4. The van der Waals surface area contributed by atoms with E-state index >= 15 is 0 Å². The normalized spacial score (nSPS) is 14.3. The Hall–Kier alpha value is -2.07. The molecule has 0 spiro atoms. The minimum absolute atomic E-state index is 0.00660. The monoisotopic (exact) mass is 316 g/mol. The number of carbonyl (C=O) groups is 1. The number of anilines is 1. The van der Waals surface area contributed by atoms with E-state index in [1.165, 1.54) is 0 Å². The topological polar surface area (TPSA) is 42.4 Å². The van der Waals surface area contributed by atoms with Crippen molar-refractivity contribution in [1.82, 2.24) is 4.98 Å². The van der Waals surface area contributed by atoms with Gasteiger partial charge in [-0.1, -0.05) is 36.4 Å². The first-order chi connectivity index (χ1) is 10.6. The van der Waals surface area contributed by atoms with Crippen molar-refractivity contribution in [1.29, 1.82) is 0 Å². The van der Waals surface area contributed by atoms with Crippen LogP contribution in [0.3, 0.4) is 0 Å². The van der Waals surface area contributed by atoms with Gasteiger partial charge in [0.2, 0.25) is 0 Å². The predicted octanol–water partition coefficient (Wildman–Crippen LogP) is 3.74. The average Bonchev–Trinajstić information content (AvgIpc) is 3.05. The molecular formula is C17H17ClN2O2. The molecule has 5 heteroatoms. The maximum absolute atomic E-state index is 12.4. The molecule has 2 aromatic rings. The molecule has 0 unspecified atom stereocenters. The van der Waals surface area contributed by atoms with Gasteiger partial charge in [-0.3, -0.25) is 0 Å². The summed E-state index contributed by atoms with van der Waals surface area (Å²) in [6, 6.07) is 9.60. The minimum atomic E-state index is -0.415. The van der Waals surface area contributed by atoms with Crippen LogP contribution < -0.4 is 4.90 Å². The first kappa shape index (κ1) is 14.9. The highest BCUT2D eigenvalue weighted by Crippen LogP contribution is 2.27. The highest BCUT2D eigenvalue weighted by Gasteiger charge is 2.23. The van der Waals surface area contributed by atoms with Gasteiger partial charge in [0.05, 0.1) is 5.52 Å². The Balaban J connectivity index is 2.02. The summed E-state index contributed by atoms with van der Waals surface area (Å²) in [6.07, 6.45) is 2.23. The van der Waals surface area contributed by atoms with Crippen LogP contribution in [0.15, 0.2) is 41.9 Å². The van der Waals surface area contributed by atoms with Crippen molar-refractivity contribution in [2.75, 3.05) is 24.6 Å². The summed E-state index contributed by atoms with van der Waals surface area (Å²) < 4.78 is 5.20. The first-order valence-electron chi connectivity index (χ1n) is 7.30. The van der Waals surface area contributed by atoms with Gasteiger partial charge in [-0.2, -0.15) is 0 Å². The lowest BCUT2D eigenvalue weighted by Crippen LogP contribution is -2.23. The van der Waals surface area contributed by atoms with Gasteiger partial charge in [0.15, 0.2) is 0 Å². The van der Waals surface area contributed by atoms with Gasteiger partial charge in [0.25, 0.3) is 0 Å². The predicted molar refractivity (Wildman–Crippen MR) is 88.5 cm³/mol. The summed E-state index contributed by atoms with van der Waals surface area (Å²) in [5, 5.41) is 1.21. The molecule has 1 fully saturated rings. The van der Waals surface area contributed by atoms with Crippen molar-refractivity contribution in [3.05, 3.63) is 47.5 Å². The van der Waals surface area contributed by atoms with Gasteiger partial charge in [-0.15, -0.1) is 0 Å². The van der Waals surface area contributed by atoms with Crippen LogP contribution in [-0.2, 0) is 4.74 Å². The number of hydrogen-bond donors (Lipinski definition) is 0. The van der Waals surface area contributed by atoms with E-state index in [9.17, 15) is 4.79 Å². The number of pyridine rings is 1. The molecule has 2 heterocycles. The third-order valence-corrected chi connectivity index (χ3v) is 3.80. The molecule has 1 aliphatic rings. The number of carbonyl (C=O) groups excluding carboxylic acids is 1. The average molecular weight is 317 g/mol. The molecule has 1 saturated heterocycles. The second kappa shape index (κ2) is 6.36. The molecule has 0 atom stereocenters. The van der Waals surface area contributed by atoms with E-state index in [0.29, 0.717) is 16.4 Å². The lowest BCUT2D eigenvalue weighted by atomic mass is 10.1. The fourth-order valence-corrected chi connectivity index (χ4v) is 2.70. The Kier molecular flexibility index (Phi) is 4.29. The SMILES string of the molecule is C=C(Cl)COC(=O)c1cc2ccccc2nc1N1CCCC1. The number of nitrogens with zero attached hydrogens (tertiary/aromatic N) is 2. The molecule has 0 bridgehead atoms. The number of para-hydroxylation sites is 1. The molecule has 4 nitrogen and oxygen atoms in total. The van der Waals surface area contributed by atoms with Crippen molar-refractivity contribution in [2.24, 2.45) is 0 Å². The Morgan fingerprint density at radius 2 is 2.05 bits per heavy atom. The second-order valence-electron chi connectivity index (χ2n) is 5.34. The van der Waals surface area contributed by atoms with Crippen LogP contribution in [0.2, 0.25) is 0 Å². The van der Waals surface area contributed by atoms with E-state index in [4.69, 9.17) is 16.3 Å². The Bertz CT molecular complexity index is 724. The number of aromatic nitrogens is 1. The van der Waals surface area contributed by atoms with Crippen molar-refractivity contribution >= 4 is 34.3 Å². The molecule has 114 valence electrons. The Morgan fingerprint density at radius 1 is 1.32 bits per heavy atom. The van der Waals surface area contributed by atoms with Gasteiger partial charge >= 0.3 is 5.97 Å². The molecule has 1 aromatic heterocycles. The third kappa shape index (κ3) is 3.07. The zero-order valence-electron chi connectivity index (χ0n) is 12.2. The van der Waals surface area contributed by atoms with E-state index in [1.54, 1.807) is 0 Å². The van der Waals surface area contributed by atoms with Crippen LogP contribution in [0.25, 0.3) is 10.9 Å². The Morgan fingerprint density at radius 3 is 2.77 bits per heavy atom. The molecule has 0 saturated carbocycles. The van der Waals surface area contributed by atoms with Crippen LogP contribution in [0.4, 0.5) is 5.82 Å². The summed E-state index contributed by atoms with van der Waals surface area (Å²) in [5.74, 6) is 0.281. The molecule has 0 aliphatic carbocycles. The minimum Gasteiger partial charge on any atom is -0.456 e. The van der Waals surface area contributed by atoms with Crippen LogP contribution in [0.1, 0.15) is 23.2 Å².